The summed E-state index contributed by atoms with van der Waals surface area (Å²) >= 11 is 5.77. The summed E-state index contributed by atoms with van der Waals surface area (Å²) < 4.78 is 4.52. The van der Waals surface area contributed by atoms with E-state index in [2.05, 4.69) is 26.7 Å². The number of nitrogens with one attached hydrogen (secondary N) is 1. The maximum atomic E-state index is 11.3. The smallest absolute Gasteiger partial charge is 0.370 e. The Morgan fingerprint density at radius 3 is 2.58 bits per heavy atom. The molecule has 0 aliphatic rings. The number of esters is 1. The van der Waals surface area contributed by atoms with E-state index in [0.29, 0.717) is 12.2 Å². The molecule has 6 heteroatoms. The molecule has 0 aliphatic heterocycles. The van der Waals surface area contributed by atoms with Crippen LogP contribution in [0, 0.1) is 0 Å². The molecule has 1 N–H and O–H groups in total. The van der Waals surface area contributed by atoms with Crippen LogP contribution in [0.3, 0.4) is 0 Å². The zero-order valence-electron chi connectivity index (χ0n) is 13.3. The van der Waals surface area contributed by atoms with E-state index < -0.39 is 5.97 Å². The predicted molar refractivity (Wildman–Crippen MR) is 99.0 cm³/mol. The van der Waals surface area contributed by atoms with Crippen molar-refractivity contribution < 1.29 is 9.53 Å². The fourth-order valence-corrected chi connectivity index (χ4v) is 2.24. The van der Waals surface area contributed by atoms with Crippen molar-refractivity contribution in [2.24, 2.45) is 5.10 Å². The fraction of sp³-hybridized carbons (Fsp3) is 0.111. The Morgan fingerprint density at radius 2 is 1.92 bits per heavy atom. The number of methoxy groups -OCH3 is 1. The number of para-hydroxylation sites is 3. The van der Waals surface area contributed by atoms with Gasteiger partial charge in [0.1, 0.15) is 0 Å². The first kappa shape index (κ1) is 17.6. The molecule has 2 aromatic carbocycles. The monoisotopic (exact) mass is 343 g/mol. The molecule has 0 amide bonds. The Kier molecular flexibility index (Phi) is 6.40. The van der Waals surface area contributed by atoms with Crippen molar-refractivity contribution in [1.29, 1.82) is 0 Å². The van der Waals surface area contributed by atoms with E-state index in [4.69, 9.17) is 11.6 Å². The molecule has 0 fully saturated rings. The molecule has 24 heavy (non-hydrogen) atoms. The van der Waals surface area contributed by atoms with E-state index in [9.17, 15) is 4.79 Å². The highest BCUT2D eigenvalue weighted by molar-refractivity contribution is 6.82. The quantitative estimate of drug-likeness (QED) is 0.355. The summed E-state index contributed by atoms with van der Waals surface area (Å²) in [6.45, 7) is 4.43. The molecule has 0 saturated heterocycles. The number of hydrogen-bond acceptors (Lipinski definition) is 5. The van der Waals surface area contributed by atoms with Gasteiger partial charge in [0.05, 0.1) is 18.5 Å². The standard InChI is InChI=1S/C18H18ClN3O2/c1-3-13-22(14-9-5-4-6-10-14)16-12-8-7-11-15(16)20-21-17(19)18(23)24-2/h3-12,20H,1,13H2,2H3/b21-17+. The highest BCUT2D eigenvalue weighted by atomic mass is 35.5. The molecule has 0 heterocycles. The summed E-state index contributed by atoms with van der Waals surface area (Å²) in [6, 6.07) is 17.5. The van der Waals surface area contributed by atoms with Crippen molar-refractivity contribution in [3.63, 3.8) is 0 Å². The molecule has 0 radical (unpaired) electrons. The molecule has 0 aliphatic carbocycles. The summed E-state index contributed by atoms with van der Waals surface area (Å²) in [7, 11) is 1.25. The predicted octanol–water partition coefficient (Wildman–Crippen LogP) is 4.15. The number of nitrogens with zero attached hydrogens (tertiary/aromatic N) is 2. The lowest BCUT2D eigenvalue weighted by atomic mass is 10.2. The van der Waals surface area contributed by atoms with Gasteiger partial charge >= 0.3 is 5.97 Å². The molecule has 0 aromatic heterocycles. The Morgan fingerprint density at radius 1 is 1.25 bits per heavy atom. The SMILES string of the molecule is C=CCN(c1ccccc1)c1ccccc1N/N=C(/Cl)C(=O)OC. The lowest BCUT2D eigenvalue weighted by molar-refractivity contribution is -0.132. The maximum Gasteiger partial charge on any atom is 0.370 e. The molecular formula is C18H18ClN3O2. The first-order valence-corrected chi connectivity index (χ1v) is 7.65. The lowest BCUT2D eigenvalue weighted by Crippen LogP contribution is -2.18. The molecule has 0 unspecified atom stereocenters. The van der Waals surface area contributed by atoms with Crippen LogP contribution < -0.4 is 10.3 Å². The van der Waals surface area contributed by atoms with Gasteiger partial charge in [-0.15, -0.1) is 6.58 Å². The Hall–Kier alpha value is -2.79. The normalized spacial score (nSPS) is 10.8. The van der Waals surface area contributed by atoms with E-state index in [1.807, 2.05) is 60.7 Å². The van der Waals surface area contributed by atoms with Gasteiger partial charge in [0.25, 0.3) is 0 Å². The molecule has 124 valence electrons. The van der Waals surface area contributed by atoms with Crippen LogP contribution in [0.1, 0.15) is 0 Å². The number of benzene rings is 2. The minimum Gasteiger partial charge on any atom is -0.464 e. The largest absolute Gasteiger partial charge is 0.464 e. The molecular weight excluding hydrogens is 326 g/mol. The molecule has 2 aromatic rings. The van der Waals surface area contributed by atoms with Crippen LogP contribution in [0.5, 0.6) is 0 Å². The van der Waals surface area contributed by atoms with Crippen LogP contribution in [0.2, 0.25) is 0 Å². The number of anilines is 3. The molecule has 0 spiro atoms. The van der Waals surface area contributed by atoms with Gasteiger partial charge in [0, 0.05) is 12.2 Å². The average molecular weight is 344 g/mol. The fourth-order valence-electron chi connectivity index (χ4n) is 2.12. The topological polar surface area (TPSA) is 53.9 Å². The number of rotatable bonds is 7. The second kappa shape index (κ2) is 8.74. The highest BCUT2D eigenvalue weighted by Crippen LogP contribution is 2.31. The van der Waals surface area contributed by atoms with Crippen LogP contribution in [-0.4, -0.2) is 24.8 Å². The van der Waals surface area contributed by atoms with Crippen molar-refractivity contribution in [1.82, 2.24) is 0 Å². The zero-order chi connectivity index (χ0) is 17.4. The van der Waals surface area contributed by atoms with Gasteiger partial charge in [-0.2, -0.15) is 5.10 Å². The van der Waals surface area contributed by atoms with Gasteiger partial charge in [-0.05, 0) is 24.3 Å². The first-order valence-electron chi connectivity index (χ1n) is 7.27. The summed E-state index contributed by atoms with van der Waals surface area (Å²) in [5, 5.41) is 3.59. The third-order valence-corrected chi connectivity index (χ3v) is 3.44. The van der Waals surface area contributed by atoms with Crippen molar-refractivity contribution in [2.45, 2.75) is 0 Å². The molecule has 2 rings (SSSR count). The minimum absolute atomic E-state index is 0.276. The number of carbonyl (C=O) groups is 1. The van der Waals surface area contributed by atoms with Crippen LogP contribution in [0.15, 0.2) is 72.4 Å². The van der Waals surface area contributed by atoms with E-state index >= 15 is 0 Å². The second-order valence-electron chi connectivity index (χ2n) is 4.76. The Bertz CT molecular complexity index is 732. The highest BCUT2D eigenvalue weighted by Gasteiger charge is 2.13. The molecule has 0 bridgehead atoms. The minimum atomic E-state index is -0.701. The number of carbonyl (C=O) groups excluding carboxylic acids is 1. The first-order chi connectivity index (χ1) is 11.7. The van der Waals surface area contributed by atoms with Crippen molar-refractivity contribution in [3.8, 4) is 0 Å². The number of hydrogen-bond donors (Lipinski definition) is 1. The summed E-state index contributed by atoms with van der Waals surface area (Å²) in [6.07, 6.45) is 1.81. The van der Waals surface area contributed by atoms with E-state index in [-0.39, 0.29) is 5.17 Å². The molecule has 0 saturated carbocycles. The number of halogens is 1. The Balaban J connectivity index is 2.35. The van der Waals surface area contributed by atoms with Crippen molar-refractivity contribution >= 4 is 39.8 Å². The lowest BCUT2D eigenvalue weighted by Gasteiger charge is -2.25. The van der Waals surface area contributed by atoms with E-state index in [1.165, 1.54) is 7.11 Å². The van der Waals surface area contributed by atoms with Gasteiger partial charge in [-0.1, -0.05) is 48.0 Å². The van der Waals surface area contributed by atoms with Gasteiger partial charge in [0.15, 0.2) is 0 Å². The third kappa shape index (κ3) is 4.36. The van der Waals surface area contributed by atoms with Crippen LogP contribution in [0.25, 0.3) is 0 Å². The Labute approximate surface area is 146 Å². The van der Waals surface area contributed by atoms with E-state index in [0.717, 1.165) is 11.4 Å². The van der Waals surface area contributed by atoms with Crippen LogP contribution in [-0.2, 0) is 9.53 Å². The molecule has 5 nitrogen and oxygen atoms in total. The third-order valence-electron chi connectivity index (χ3n) is 3.20. The van der Waals surface area contributed by atoms with Gasteiger partial charge < -0.3 is 9.64 Å². The van der Waals surface area contributed by atoms with Gasteiger partial charge in [-0.25, -0.2) is 4.79 Å². The zero-order valence-corrected chi connectivity index (χ0v) is 14.0. The van der Waals surface area contributed by atoms with Crippen molar-refractivity contribution in [2.75, 3.05) is 24.0 Å². The maximum absolute atomic E-state index is 11.3. The van der Waals surface area contributed by atoms with E-state index in [1.54, 1.807) is 0 Å². The summed E-state index contributed by atoms with van der Waals surface area (Å²) in [5.74, 6) is -0.701. The van der Waals surface area contributed by atoms with Crippen LogP contribution >= 0.6 is 11.6 Å². The number of hydrazone groups is 1. The molecule has 0 atom stereocenters. The van der Waals surface area contributed by atoms with Crippen LogP contribution in [0.4, 0.5) is 17.1 Å². The summed E-state index contributed by atoms with van der Waals surface area (Å²) in [4.78, 5) is 13.4. The average Bonchev–Trinajstić information content (AvgIpc) is 2.64. The van der Waals surface area contributed by atoms with Gasteiger partial charge in [0.2, 0.25) is 5.17 Å². The van der Waals surface area contributed by atoms with Gasteiger partial charge in [-0.3, -0.25) is 5.43 Å². The number of ether oxygens (including phenoxy) is 1. The second-order valence-corrected chi connectivity index (χ2v) is 5.12. The summed E-state index contributed by atoms with van der Waals surface area (Å²) in [5.41, 5.74) is 5.40. The van der Waals surface area contributed by atoms with Crippen molar-refractivity contribution in [3.05, 3.63) is 67.3 Å².